The molecular weight excluding hydrogens is 340 g/mol. The topological polar surface area (TPSA) is 75.0 Å². The number of benzene rings is 2. The van der Waals surface area contributed by atoms with Gasteiger partial charge in [-0.2, -0.15) is 4.98 Å². The number of aromatic nitrogens is 3. The first-order chi connectivity index (χ1) is 13.2. The van der Waals surface area contributed by atoms with Crippen LogP contribution in [0, 0.1) is 6.92 Å². The Labute approximate surface area is 155 Å². The number of amides is 1. The molecule has 0 saturated carbocycles. The van der Waals surface area contributed by atoms with E-state index in [1.165, 1.54) is 0 Å². The highest BCUT2D eigenvalue weighted by Crippen LogP contribution is 2.32. The van der Waals surface area contributed by atoms with Gasteiger partial charge in [0, 0.05) is 41.8 Å². The van der Waals surface area contributed by atoms with Gasteiger partial charge in [-0.05, 0) is 48.2 Å². The van der Waals surface area contributed by atoms with Gasteiger partial charge in [-0.1, -0.05) is 23.4 Å². The van der Waals surface area contributed by atoms with Crippen molar-refractivity contribution in [1.82, 2.24) is 15.1 Å². The molecule has 2 aromatic carbocycles. The van der Waals surface area contributed by atoms with Crippen LogP contribution in [0.3, 0.4) is 0 Å². The average molecular weight is 358 g/mol. The van der Waals surface area contributed by atoms with E-state index in [1.807, 2.05) is 61.7 Å². The third kappa shape index (κ3) is 2.79. The number of nitrogens with zero attached hydrogens (tertiary/aromatic N) is 3. The van der Waals surface area contributed by atoms with Crippen molar-refractivity contribution in [3.05, 3.63) is 66.1 Å². The number of hydrogen-bond acceptors (Lipinski definition) is 4. The molecule has 2 aromatic heterocycles. The molecule has 134 valence electrons. The van der Waals surface area contributed by atoms with Crippen LogP contribution >= 0.6 is 0 Å². The van der Waals surface area contributed by atoms with E-state index in [1.54, 1.807) is 4.90 Å². The largest absolute Gasteiger partial charge is 0.361 e. The van der Waals surface area contributed by atoms with Crippen molar-refractivity contribution in [3.63, 3.8) is 0 Å². The van der Waals surface area contributed by atoms with Crippen LogP contribution < -0.4 is 4.90 Å². The molecule has 4 aromatic rings. The molecule has 1 unspecified atom stereocenters. The van der Waals surface area contributed by atoms with Crippen LogP contribution in [0.1, 0.15) is 23.7 Å². The minimum Gasteiger partial charge on any atom is -0.361 e. The molecule has 0 bridgehead atoms. The summed E-state index contributed by atoms with van der Waals surface area (Å²) in [5, 5.41) is 5.28. The number of rotatable bonds is 3. The van der Waals surface area contributed by atoms with E-state index in [-0.39, 0.29) is 11.8 Å². The summed E-state index contributed by atoms with van der Waals surface area (Å²) >= 11 is 0. The molecule has 6 nitrogen and oxygen atoms in total. The summed E-state index contributed by atoms with van der Waals surface area (Å²) in [7, 11) is 0. The number of aryl methyl sites for hydroxylation is 1. The predicted molar refractivity (Wildman–Crippen MR) is 102 cm³/mol. The van der Waals surface area contributed by atoms with Gasteiger partial charge in [-0.25, -0.2) is 0 Å². The number of aromatic amines is 1. The highest BCUT2D eigenvalue weighted by atomic mass is 16.5. The fourth-order valence-corrected chi connectivity index (χ4v) is 3.62. The van der Waals surface area contributed by atoms with Gasteiger partial charge in [0.05, 0.1) is 0 Å². The lowest BCUT2D eigenvalue weighted by atomic mass is 10.1. The summed E-state index contributed by atoms with van der Waals surface area (Å²) in [6.07, 6.45) is 2.29. The van der Waals surface area contributed by atoms with E-state index in [4.69, 9.17) is 4.52 Å². The Hall–Kier alpha value is -3.41. The second kappa shape index (κ2) is 6.09. The van der Waals surface area contributed by atoms with Gasteiger partial charge >= 0.3 is 0 Å². The molecule has 1 N–H and O–H groups in total. The van der Waals surface area contributed by atoms with Gasteiger partial charge in [0.2, 0.25) is 5.91 Å². The maximum absolute atomic E-state index is 12.5. The first-order valence-electron chi connectivity index (χ1n) is 8.95. The van der Waals surface area contributed by atoms with Gasteiger partial charge in [0.15, 0.2) is 5.82 Å². The third-order valence-electron chi connectivity index (χ3n) is 5.05. The Morgan fingerprint density at radius 3 is 3.00 bits per heavy atom. The molecule has 1 atom stereocenters. The second-order valence-corrected chi connectivity index (χ2v) is 6.98. The molecule has 3 heterocycles. The van der Waals surface area contributed by atoms with Crippen molar-refractivity contribution in [2.75, 3.05) is 11.4 Å². The Balaban J connectivity index is 1.40. The number of hydrogen-bond donors (Lipinski definition) is 1. The van der Waals surface area contributed by atoms with Crippen LogP contribution in [0.5, 0.6) is 0 Å². The van der Waals surface area contributed by atoms with Crippen molar-refractivity contribution in [2.24, 2.45) is 0 Å². The molecule has 0 aliphatic carbocycles. The third-order valence-corrected chi connectivity index (χ3v) is 5.05. The SMILES string of the molecule is Cc1cccc(N2CC(c3noc(-c4ccc5cc[nH]c5c4)n3)CC2=O)c1. The van der Waals surface area contributed by atoms with Crippen molar-refractivity contribution in [3.8, 4) is 11.5 Å². The van der Waals surface area contributed by atoms with Gasteiger partial charge in [0.1, 0.15) is 0 Å². The van der Waals surface area contributed by atoms with E-state index < -0.39 is 0 Å². The number of H-pyrrole nitrogens is 1. The fourth-order valence-electron chi connectivity index (χ4n) is 3.62. The number of anilines is 1. The van der Waals surface area contributed by atoms with Gasteiger partial charge in [-0.15, -0.1) is 0 Å². The van der Waals surface area contributed by atoms with Crippen molar-refractivity contribution in [1.29, 1.82) is 0 Å². The Morgan fingerprint density at radius 2 is 2.11 bits per heavy atom. The lowest BCUT2D eigenvalue weighted by Crippen LogP contribution is -2.24. The summed E-state index contributed by atoms with van der Waals surface area (Å²) in [4.78, 5) is 22.1. The molecule has 1 aliphatic heterocycles. The second-order valence-electron chi connectivity index (χ2n) is 6.98. The highest BCUT2D eigenvalue weighted by molar-refractivity contribution is 5.96. The van der Waals surface area contributed by atoms with Crippen molar-refractivity contribution < 1.29 is 9.32 Å². The average Bonchev–Trinajstić information content (AvgIpc) is 3.40. The van der Waals surface area contributed by atoms with Crippen LogP contribution in [-0.4, -0.2) is 27.6 Å². The smallest absolute Gasteiger partial charge is 0.258 e. The Kier molecular flexibility index (Phi) is 3.57. The van der Waals surface area contributed by atoms with E-state index >= 15 is 0 Å². The standard InChI is InChI=1S/C21H18N4O2/c1-13-3-2-4-17(9-13)25-12-16(11-19(25)26)20-23-21(27-24-20)15-6-5-14-7-8-22-18(14)10-15/h2-10,16,22H,11-12H2,1H3. The van der Waals surface area contributed by atoms with Crippen LogP contribution in [0.2, 0.25) is 0 Å². The van der Waals surface area contributed by atoms with E-state index in [2.05, 4.69) is 15.1 Å². The maximum Gasteiger partial charge on any atom is 0.258 e. The molecule has 1 fully saturated rings. The molecule has 0 spiro atoms. The normalized spacial score (nSPS) is 17.1. The number of nitrogens with one attached hydrogen (secondary N) is 1. The monoisotopic (exact) mass is 358 g/mol. The highest BCUT2D eigenvalue weighted by Gasteiger charge is 2.34. The first-order valence-corrected chi connectivity index (χ1v) is 8.95. The molecular formula is C21H18N4O2. The Bertz CT molecular complexity index is 1140. The van der Waals surface area contributed by atoms with Crippen LogP contribution in [-0.2, 0) is 4.79 Å². The quantitative estimate of drug-likeness (QED) is 0.599. The van der Waals surface area contributed by atoms with Gasteiger partial charge in [-0.3, -0.25) is 4.79 Å². The molecule has 1 aliphatic rings. The fraction of sp³-hybridized carbons (Fsp3) is 0.190. The van der Waals surface area contributed by atoms with Gasteiger partial charge in [0.25, 0.3) is 5.89 Å². The van der Waals surface area contributed by atoms with Crippen LogP contribution in [0.15, 0.2) is 59.3 Å². The van der Waals surface area contributed by atoms with Crippen molar-refractivity contribution >= 4 is 22.5 Å². The van der Waals surface area contributed by atoms with Crippen molar-refractivity contribution in [2.45, 2.75) is 19.3 Å². The van der Waals surface area contributed by atoms with Crippen LogP contribution in [0.25, 0.3) is 22.4 Å². The molecule has 27 heavy (non-hydrogen) atoms. The zero-order valence-electron chi connectivity index (χ0n) is 14.8. The lowest BCUT2D eigenvalue weighted by molar-refractivity contribution is -0.117. The molecule has 1 amide bonds. The summed E-state index contributed by atoms with van der Waals surface area (Å²) in [6, 6.07) is 16.0. The maximum atomic E-state index is 12.5. The van der Waals surface area contributed by atoms with E-state index in [0.29, 0.717) is 24.7 Å². The summed E-state index contributed by atoms with van der Waals surface area (Å²) in [5.74, 6) is 1.08. The molecule has 1 saturated heterocycles. The zero-order valence-corrected chi connectivity index (χ0v) is 14.8. The first kappa shape index (κ1) is 15.8. The van der Waals surface area contributed by atoms with Crippen LogP contribution in [0.4, 0.5) is 5.69 Å². The molecule has 0 radical (unpaired) electrons. The van der Waals surface area contributed by atoms with E-state index in [0.717, 1.165) is 27.7 Å². The molecule has 6 heteroatoms. The number of carbonyl (C=O) groups excluding carboxylic acids is 1. The predicted octanol–water partition coefficient (Wildman–Crippen LogP) is 4.05. The van der Waals surface area contributed by atoms with Gasteiger partial charge < -0.3 is 14.4 Å². The number of fused-ring (bicyclic) bond motifs is 1. The lowest BCUT2D eigenvalue weighted by Gasteiger charge is -2.16. The summed E-state index contributed by atoms with van der Waals surface area (Å²) < 4.78 is 5.48. The zero-order chi connectivity index (χ0) is 18.4. The Morgan fingerprint density at radius 1 is 1.19 bits per heavy atom. The molecule has 5 rings (SSSR count). The number of carbonyl (C=O) groups is 1. The minimum atomic E-state index is -0.0651. The minimum absolute atomic E-state index is 0.0651. The summed E-state index contributed by atoms with van der Waals surface area (Å²) in [5.41, 5.74) is 3.94. The van der Waals surface area contributed by atoms with E-state index in [9.17, 15) is 4.79 Å². The summed E-state index contributed by atoms with van der Waals surface area (Å²) in [6.45, 7) is 2.59.